The van der Waals surface area contributed by atoms with Crippen LogP contribution in [0.5, 0.6) is 11.5 Å². The molecule has 2 heterocycles. The van der Waals surface area contributed by atoms with Crippen LogP contribution in [0.1, 0.15) is 31.5 Å². The molecular formula is C14H16N2O2. The molecule has 1 aliphatic heterocycles. The smallest absolute Gasteiger partial charge is 0.163 e. The number of rotatable bonds is 1. The average molecular weight is 244 g/mol. The fourth-order valence-corrected chi connectivity index (χ4v) is 2.57. The molecule has 1 fully saturated rings. The van der Waals surface area contributed by atoms with E-state index in [0.717, 1.165) is 53.9 Å². The highest BCUT2D eigenvalue weighted by atomic mass is 16.5. The molecule has 2 aliphatic rings. The van der Waals surface area contributed by atoms with Gasteiger partial charge in [0.1, 0.15) is 5.82 Å². The number of aromatic amines is 1. The standard InChI is InChI=1S/C14H16N2O2/c1-8-5-9(8)14-15-10-6-12-13(7-11(10)16-14)18-4-2-3-17-12/h6-9H,2-5H2,1H3,(H,15,16). The van der Waals surface area contributed by atoms with Gasteiger partial charge in [0.25, 0.3) is 0 Å². The van der Waals surface area contributed by atoms with Crippen LogP contribution in [-0.2, 0) is 0 Å². The fraction of sp³-hybridized carbons (Fsp3) is 0.500. The van der Waals surface area contributed by atoms with E-state index in [1.54, 1.807) is 0 Å². The van der Waals surface area contributed by atoms with Crippen molar-refractivity contribution in [2.45, 2.75) is 25.7 Å². The third kappa shape index (κ3) is 1.55. The Morgan fingerprint density at radius 1 is 1.22 bits per heavy atom. The molecule has 1 aromatic carbocycles. The van der Waals surface area contributed by atoms with Gasteiger partial charge in [-0.05, 0) is 12.3 Å². The molecule has 0 radical (unpaired) electrons. The Morgan fingerprint density at radius 3 is 2.67 bits per heavy atom. The van der Waals surface area contributed by atoms with Crippen molar-refractivity contribution in [3.05, 3.63) is 18.0 Å². The normalized spacial score (nSPS) is 26.1. The number of H-pyrrole nitrogens is 1. The molecule has 94 valence electrons. The number of nitrogens with zero attached hydrogens (tertiary/aromatic N) is 1. The summed E-state index contributed by atoms with van der Waals surface area (Å²) in [5.41, 5.74) is 2.03. The lowest BCUT2D eigenvalue weighted by Gasteiger charge is -2.05. The first-order chi connectivity index (χ1) is 8.81. The predicted molar refractivity (Wildman–Crippen MR) is 68.2 cm³/mol. The molecule has 2 aromatic rings. The number of nitrogens with one attached hydrogen (secondary N) is 1. The van der Waals surface area contributed by atoms with E-state index in [0.29, 0.717) is 5.92 Å². The Morgan fingerprint density at radius 2 is 1.94 bits per heavy atom. The lowest BCUT2D eigenvalue weighted by molar-refractivity contribution is 0.297. The minimum absolute atomic E-state index is 0.610. The van der Waals surface area contributed by atoms with Crippen LogP contribution in [0, 0.1) is 5.92 Å². The summed E-state index contributed by atoms with van der Waals surface area (Å²) in [4.78, 5) is 8.08. The van der Waals surface area contributed by atoms with E-state index < -0.39 is 0 Å². The third-order valence-electron chi connectivity index (χ3n) is 3.83. The second-order valence-electron chi connectivity index (χ2n) is 5.31. The van der Waals surface area contributed by atoms with Gasteiger partial charge < -0.3 is 14.5 Å². The Labute approximate surface area is 105 Å². The van der Waals surface area contributed by atoms with Gasteiger partial charge in [0.15, 0.2) is 11.5 Å². The van der Waals surface area contributed by atoms with E-state index in [1.165, 1.54) is 6.42 Å². The van der Waals surface area contributed by atoms with Crippen molar-refractivity contribution in [3.8, 4) is 11.5 Å². The molecule has 0 spiro atoms. The number of hydrogen-bond donors (Lipinski definition) is 1. The van der Waals surface area contributed by atoms with E-state index in [4.69, 9.17) is 9.47 Å². The van der Waals surface area contributed by atoms with Crippen LogP contribution in [0.2, 0.25) is 0 Å². The summed E-state index contributed by atoms with van der Waals surface area (Å²) in [6.45, 7) is 3.70. The van der Waals surface area contributed by atoms with Crippen molar-refractivity contribution in [1.29, 1.82) is 0 Å². The molecule has 0 saturated heterocycles. The van der Waals surface area contributed by atoms with Gasteiger partial charge >= 0.3 is 0 Å². The molecule has 1 aliphatic carbocycles. The minimum Gasteiger partial charge on any atom is -0.489 e. The Bertz CT molecular complexity index is 562. The maximum absolute atomic E-state index is 5.69. The van der Waals surface area contributed by atoms with Crippen molar-refractivity contribution in [2.75, 3.05) is 13.2 Å². The van der Waals surface area contributed by atoms with Gasteiger partial charge in [-0.25, -0.2) is 4.98 Å². The predicted octanol–water partition coefficient (Wildman–Crippen LogP) is 2.85. The van der Waals surface area contributed by atoms with Crippen LogP contribution in [0.15, 0.2) is 12.1 Å². The maximum atomic E-state index is 5.69. The highest BCUT2D eigenvalue weighted by Crippen LogP contribution is 2.46. The second-order valence-corrected chi connectivity index (χ2v) is 5.31. The lowest BCUT2D eigenvalue weighted by atomic mass is 10.3. The highest BCUT2D eigenvalue weighted by molar-refractivity contribution is 5.80. The third-order valence-corrected chi connectivity index (χ3v) is 3.83. The molecule has 4 rings (SSSR count). The summed E-state index contributed by atoms with van der Waals surface area (Å²) in [7, 11) is 0. The number of imidazole rings is 1. The van der Waals surface area contributed by atoms with Gasteiger partial charge in [0.2, 0.25) is 0 Å². The summed E-state index contributed by atoms with van der Waals surface area (Å²) >= 11 is 0. The lowest BCUT2D eigenvalue weighted by Crippen LogP contribution is -1.97. The van der Waals surface area contributed by atoms with Gasteiger partial charge in [0.05, 0.1) is 24.2 Å². The van der Waals surface area contributed by atoms with Crippen LogP contribution in [0.25, 0.3) is 11.0 Å². The van der Waals surface area contributed by atoms with Crippen molar-refractivity contribution in [1.82, 2.24) is 9.97 Å². The monoisotopic (exact) mass is 244 g/mol. The summed E-state index contributed by atoms with van der Waals surface area (Å²) in [5, 5.41) is 0. The Hall–Kier alpha value is -1.71. The number of fused-ring (bicyclic) bond motifs is 2. The number of benzene rings is 1. The van der Waals surface area contributed by atoms with Crippen molar-refractivity contribution in [2.24, 2.45) is 5.92 Å². The van der Waals surface area contributed by atoms with E-state index in [1.807, 2.05) is 12.1 Å². The van der Waals surface area contributed by atoms with Crippen LogP contribution in [0.3, 0.4) is 0 Å². The van der Waals surface area contributed by atoms with Gasteiger partial charge in [-0.3, -0.25) is 0 Å². The van der Waals surface area contributed by atoms with E-state index in [9.17, 15) is 0 Å². The Kier molecular flexibility index (Phi) is 2.07. The SMILES string of the molecule is CC1CC1c1nc2cc3c(cc2[nH]1)OCCCO3. The summed E-state index contributed by atoms with van der Waals surface area (Å²) < 4.78 is 11.4. The molecule has 18 heavy (non-hydrogen) atoms. The first kappa shape index (κ1) is 10.2. The molecule has 4 heteroatoms. The largest absolute Gasteiger partial charge is 0.489 e. The van der Waals surface area contributed by atoms with Crippen LogP contribution >= 0.6 is 0 Å². The van der Waals surface area contributed by atoms with Crippen LogP contribution in [0.4, 0.5) is 0 Å². The second kappa shape index (κ2) is 3.64. The van der Waals surface area contributed by atoms with Crippen molar-refractivity contribution >= 4 is 11.0 Å². The molecule has 0 amide bonds. The molecule has 2 atom stereocenters. The number of hydrogen-bond acceptors (Lipinski definition) is 3. The quantitative estimate of drug-likeness (QED) is 0.839. The maximum Gasteiger partial charge on any atom is 0.163 e. The fourth-order valence-electron chi connectivity index (χ4n) is 2.57. The van der Waals surface area contributed by atoms with Gasteiger partial charge in [-0.15, -0.1) is 0 Å². The number of aromatic nitrogens is 2. The minimum atomic E-state index is 0.610. The molecule has 4 nitrogen and oxygen atoms in total. The van der Waals surface area contributed by atoms with Crippen LogP contribution in [-0.4, -0.2) is 23.2 Å². The molecule has 1 aromatic heterocycles. The summed E-state index contributed by atoms with van der Waals surface area (Å²) in [5.74, 6) is 4.13. The van der Waals surface area contributed by atoms with E-state index >= 15 is 0 Å². The van der Waals surface area contributed by atoms with E-state index in [-0.39, 0.29) is 0 Å². The average Bonchev–Trinajstić information content (AvgIpc) is 3.01. The zero-order valence-corrected chi connectivity index (χ0v) is 10.4. The summed E-state index contributed by atoms with van der Waals surface area (Å²) in [6.07, 6.45) is 2.17. The molecular weight excluding hydrogens is 228 g/mol. The first-order valence-corrected chi connectivity index (χ1v) is 6.60. The zero-order chi connectivity index (χ0) is 12.1. The van der Waals surface area contributed by atoms with Crippen molar-refractivity contribution < 1.29 is 9.47 Å². The first-order valence-electron chi connectivity index (χ1n) is 6.60. The van der Waals surface area contributed by atoms with Crippen molar-refractivity contribution in [3.63, 3.8) is 0 Å². The van der Waals surface area contributed by atoms with Gasteiger partial charge in [0, 0.05) is 24.5 Å². The molecule has 1 saturated carbocycles. The topological polar surface area (TPSA) is 47.1 Å². The van der Waals surface area contributed by atoms with Gasteiger partial charge in [-0.2, -0.15) is 0 Å². The molecule has 1 N–H and O–H groups in total. The van der Waals surface area contributed by atoms with Gasteiger partial charge in [-0.1, -0.05) is 6.92 Å². The highest BCUT2D eigenvalue weighted by Gasteiger charge is 2.36. The zero-order valence-electron chi connectivity index (χ0n) is 10.4. The Balaban J connectivity index is 1.80. The van der Waals surface area contributed by atoms with E-state index in [2.05, 4.69) is 16.9 Å². The molecule has 0 bridgehead atoms. The molecule has 2 unspecified atom stereocenters. The summed E-state index contributed by atoms with van der Waals surface area (Å²) in [6, 6.07) is 4.00. The van der Waals surface area contributed by atoms with Crippen LogP contribution < -0.4 is 9.47 Å². The number of ether oxygens (including phenoxy) is 2.